The molecule has 24 heavy (non-hydrogen) atoms. The highest BCUT2D eigenvalue weighted by Gasteiger charge is 2.04. The number of carbonyl (C=O) groups is 1. The molecule has 5 nitrogen and oxygen atoms in total. The van der Waals surface area contributed by atoms with Crippen LogP contribution in [0.25, 0.3) is 11.3 Å². The first-order valence-electron chi connectivity index (χ1n) is 7.29. The van der Waals surface area contributed by atoms with Gasteiger partial charge in [0.15, 0.2) is 0 Å². The fourth-order valence-corrected chi connectivity index (χ4v) is 2.62. The number of hydrogen-bond donors (Lipinski definition) is 2. The van der Waals surface area contributed by atoms with Crippen LogP contribution < -0.4 is 11.1 Å². The Balaban J connectivity index is 1.80. The average molecular weight is 336 g/mol. The molecule has 0 unspecified atom stereocenters. The molecule has 1 amide bonds. The van der Waals surface area contributed by atoms with Crippen LogP contribution in [0.2, 0.25) is 0 Å². The molecule has 6 heteroatoms. The van der Waals surface area contributed by atoms with Crippen LogP contribution in [0.3, 0.4) is 0 Å². The van der Waals surface area contributed by atoms with Gasteiger partial charge < -0.3 is 11.1 Å². The molecular weight excluding hydrogens is 320 g/mol. The predicted molar refractivity (Wildman–Crippen MR) is 97.5 cm³/mol. The number of anilines is 2. The summed E-state index contributed by atoms with van der Waals surface area (Å²) in [5.74, 6) is 0.236. The van der Waals surface area contributed by atoms with Gasteiger partial charge in [0, 0.05) is 27.8 Å². The average Bonchev–Trinajstić information content (AvgIpc) is 2.62. The minimum absolute atomic E-state index is 0.445. The summed E-state index contributed by atoms with van der Waals surface area (Å²) < 4.78 is 0. The lowest BCUT2D eigenvalue weighted by Crippen LogP contribution is -2.10. The Morgan fingerprint density at radius 3 is 2.38 bits per heavy atom. The normalized spacial score (nSPS) is 10.4. The summed E-state index contributed by atoms with van der Waals surface area (Å²) in [6.45, 7) is 0. The number of nitrogens with two attached hydrogens (primary N) is 1. The number of nitrogens with zero attached hydrogens (tertiary/aromatic N) is 2. The van der Waals surface area contributed by atoms with Gasteiger partial charge in [-0.3, -0.25) is 4.79 Å². The fraction of sp³-hybridized carbons (Fsp3) is 0.0556. The maximum atomic E-state index is 11.1. The molecule has 0 aliphatic rings. The molecule has 0 aliphatic carbocycles. The van der Waals surface area contributed by atoms with E-state index in [4.69, 9.17) is 5.73 Å². The number of hydrogen-bond acceptors (Lipinski definition) is 5. The van der Waals surface area contributed by atoms with Crippen LogP contribution >= 0.6 is 11.8 Å². The third kappa shape index (κ3) is 3.72. The maximum absolute atomic E-state index is 11.1. The molecule has 0 atom stereocenters. The van der Waals surface area contributed by atoms with Crippen LogP contribution in [-0.4, -0.2) is 22.1 Å². The molecule has 3 rings (SSSR count). The highest BCUT2D eigenvalue weighted by molar-refractivity contribution is 7.98. The van der Waals surface area contributed by atoms with Crippen molar-refractivity contribution in [1.29, 1.82) is 0 Å². The Kier molecular flexibility index (Phi) is 4.77. The van der Waals surface area contributed by atoms with E-state index in [0.29, 0.717) is 11.4 Å². The highest BCUT2D eigenvalue weighted by atomic mass is 32.2. The lowest BCUT2D eigenvalue weighted by atomic mass is 10.1. The van der Waals surface area contributed by atoms with Gasteiger partial charge in [0.2, 0.25) is 5.91 Å². The van der Waals surface area contributed by atoms with Crippen LogP contribution in [0.1, 0.15) is 10.4 Å². The van der Waals surface area contributed by atoms with Gasteiger partial charge in [0.1, 0.15) is 12.1 Å². The highest BCUT2D eigenvalue weighted by Crippen LogP contribution is 2.23. The van der Waals surface area contributed by atoms with Crippen molar-refractivity contribution in [2.24, 2.45) is 5.73 Å². The van der Waals surface area contributed by atoms with Crippen LogP contribution in [0, 0.1) is 0 Å². The minimum Gasteiger partial charge on any atom is -0.366 e. The molecule has 3 aromatic rings. The molecule has 0 saturated carbocycles. The zero-order chi connectivity index (χ0) is 16.9. The van der Waals surface area contributed by atoms with E-state index in [1.165, 1.54) is 11.2 Å². The predicted octanol–water partition coefficient (Wildman–Crippen LogP) is 3.71. The first kappa shape index (κ1) is 16.0. The van der Waals surface area contributed by atoms with Crippen molar-refractivity contribution in [3.8, 4) is 11.3 Å². The van der Waals surface area contributed by atoms with Crippen molar-refractivity contribution in [2.75, 3.05) is 11.6 Å². The smallest absolute Gasteiger partial charge is 0.248 e. The van der Waals surface area contributed by atoms with E-state index in [1.807, 2.05) is 24.5 Å². The largest absolute Gasteiger partial charge is 0.366 e. The standard InChI is InChI=1S/C18H16N4OS/c1-24-15-8-4-12(5-9-15)16-10-17(21-11-20-16)22-14-6-2-13(3-7-14)18(19)23/h2-11H,1H3,(H2,19,23)(H,20,21,22). The second kappa shape index (κ2) is 7.14. The van der Waals surface area contributed by atoms with Crippen molar-refractivity contribution in [1.82, 2.24) is 9.97 Å². The molecule has 1 aromatic heterocycles. The molecule has 0 spiro atoms. The number of thioether (sulfide) groups is 1. The van der Waals surface area contributed by atoms with E-state index in [0.717, 1.165) is 16.9 Å². The number of benzene rings is 2. The number of aromatic nitrogens is 2. The van der Waals surface area contributed by atoms with E-state index in [1.54, 1.807) is 36.0 Å². The fourth-order valence-electron chi connectivity index (χ4n) is 2.21. The Morgan fingerprint density at radius 1 is 1.04 bits per heavy atom. The zero-order valence-corrected chi connectivity index (χ0v) is 13.9. The topological polar surface area (TPSA) is 80.9 Å². The summed E-state index contributed by atoms with van der Waals surface area (Å²) in [5, 5.41) is 3.20. The van der Waals surface area contributed by atoms with E-state index < -0.39 is 5.91 Å². The first-order valence-corrected chi connectivity index (χ1v) is 8.51. The first-order chi connectivity index (χ1) is 11.7. The van der Waals surface area contributed by atoms with Gasteiger partial charge in [-0.25, -0.2) is 9.97 Å². The van der Waals surface area contributed by atoms with Crippen LogP contribution in [0.5, 0.6) is 0 Å². The van der Waals surface area contributed by atoms with Gasteiger partial charge in [-0.05, 0) is 42.7 Å². The second-order valence-electron chi connectivity index (χ2n) is 5.08. The van der Waals surface area contributed by atoms with E-state index >= 15 is 0 Å². The van der Waals surface area contributed by atoms with Crippen LogP contribution in [0.4, 0.5) is 11.5 Å². The van der Waals surface area contributed by atoms with E-state index in [9.17, 15) is 4.79 Å². The Labute approximate surface area is 144 Å². The zero-order valence-electron chi connectivity index (χ0n) is 13.1. The number of rotatable bonds is 5. The lowest BCUT2D eigenvalue weighted by molar-refractivity contribution is 0.100. The summed E-state index contributed by atoms with van der Waals surface area (Å²) in [6.07, 6.45) is 3.57. The summed E-state index contributed by atoms with van der Waals surface area (Å²) in [7, 11) is 0. The second-order valence-corrected chi connectivity index (χ2v) is 5.96. The molecule has 0 fully saturated rings. The molecule has 3 N–H and O–H groups in total. The van der Waals surface area contributed by atoms with Gasteiger partial charge in [0.25, 0.3) is 0 Å². The van der Waals surface area contributed by atoms with Gasteiger partial charge in [-0.2, -0.15) is 0 Å². The third-order valence-corrected chi connectivity index (χ3v) is 4.24. The molecule has 0 bridgehead atoms. The van der Waals surface area contributed by atoms with Gasteiger partial charge in [0.05, 0.1) is 5.69 Å². The monoisotopic (exact) mass is 336 g/mol. The van der Waals surface area contributed by atoms with Crippen molar-refractivity contribution in [2.45, 2.75) is 4.90 Å². The van der Waals surface area contributed by atoms with Crippen LogP contribution in [-0.2, 0) is 0 Å². The summed E-state index contributed by atoms with van der Waals surface area (Å²) in [5.41, 5.74) is 8.40. The summed E-state index contributed by atoms with van der Waals surface area (Å²) in [4.78, 5) is 20.9. The molecule has 0 aliphatic heterocycles. The lowest BCUT2D eigenvalue weighted by Gasteiger charge is -2.08. The number of nitrogens with one attached hydrogen (secondary N) is 1. The molecule has 120 valence electrons. The van der Waals surface area contributed by atoms with Crippen LogP contribution in [0.15, 0.2) is 65.8 Å². The quantitative estimate of drug-likeness (QED) is 0.694. The van der Waals surface area contributed by atoms with E-state index in [-0.39, 0.29) is 0 Å². The number of amides is 1. The van der Waals surface area contributed by atoms with Gasteiger partial charge in [-0.1, -0.05) is 12.1 Å². The Morgan fingerprint density at radius 2 is 1.75 bits per heavy atom. The Hall–Kier alpha value is -2.86. The Bertz CT molecular complexity index is 848. The number of carbonyl (C=O) groups excluding carboxylic acids is 1. The maximum Gasteiger partial charge on any atom is 0.248 e. The van der Waals surface area contributed by atoms with Crippen molar-refractivity contribution < 1.29 is 4.79 Å². The van der Waals surface area contributed by atoms with Gasteiger partial charge in [-0.15, -0.1) is 11.8 Å². The SMILES string of the molecule is CSc1ccc(-c2cc(Nc3ccc(C(N)=O)cc3)ncn2)cc1. The van der Waals surface area contributed by atoms with Crippen molar-refractivity contribution in [3.05, 3.63) is 66.5 Å². The molecule has 1 heterocycles. The summed E-state index contributed by atoms with van der Waals surface area (Å²) >= 11 is 1.70. The van der Waals surface area contributed by atoms with Crippen molar-refractivity contribution in [3.63, 3.8) is 0 Å². The number of primary amides is 1. The van der Waals surface area contributed by atoms with Gasteiger partial charge >= 0.3 is 0 Å². The summed E-state index contributed by atoms with van der Waals surface area (Å²) in [6, 6.07) is 17.0. The molecular formula is C18H16N4OS. The van der Waals surface area contributed by atoms with Crippen molar-refractivity contribution >= 4 is 29.2 Å². The molecule has 0 saturated heterocycles. The third-order valence-electron chi connectivity index (χ3n) is 3.49. The van der Waals surface area contributed by atoms with E-state index in [2.05, 4.69) is 27.4 Å². The molecule has 2 aromatic carbocycles. The minimum atomic E-state index is -0.445. The molecule has 0 radical (unpaired) electrons.